The summed E-state index contributed by atoms with van der Waals surface area (Å²) >= 11 is 11.2. The predicted octanol–water partition coefficient (Wildman–Crippen LogP) is 5.00. The summed E-state index contributed by atoms with van der Waals surface area (Å²) in [6, 6.07) is 16.1. The lowest BCUT2D eigenvalue weighted by atomic mass is 9.65. The topological polar surface area (TPSA) is 58.9 Å². The van der Waals surface area contributed by atoms with Gasteiger partial charge < -0.3 is 19.7 Å². The van der Waals surface area contributed by atoms with Crippen molar-refractivity contribution >= 4 is 23.2 Å². The molecule has 0 heterocycles. The normalized spacial score (nSPS) is 15.5. The molecule has 2 atom stereocenters. The molecule has 2 aromatic carbocycles. The van der Waals surface area contributed by atoms with Crippen LogP contribution in [0.2, 0.25) is 0 Å². The highest BCUT2D eigenvalue weighted by molar-refractivity contribution is 6.18. The summed E-state index contributed by atoms with van der Waals surface area (Å²) in [4.78, 5) is 0. The molecule has 0 radical (unpaired) electrons. The van der Waals surface area contributed by atoms with Crippen LogP contribution in [0.15, 0.2) is 48.5 Å². The van der Waals surface area contributed by atoms with E-state index >= 15 is 0 Å². The summed E-state index contributed by atoms with van der Waals surface area (Å²) in [6.07, 6.45) is -0.424. The van der Waals surface area contributed by atoms with Gasteiger partial charge in [0.25, 0.3) is 0 Å². The van der Waals surface area contributed by atoms with Crippen molar-refractivity contribution in [1.29, 1.82) is 0 Å². The predicted molar refractivity (Wildman–Crippen MR) is 123 cm³/mol. The molecule has 0 saturated heterocycles. The van der Waals surface area contributed by atoms with E-state index in [2.05, 4.69) is 45.0 Å². The van der Waals surface area contributed by atoms with E-state index in [1.807, 2.05) is 24.3 Å². The van der Waals surface area contributed by atoms with Crippen molar-refractivity contribution in [3.63, 3.8) is 0 Å². The molecule has 0 saturated carbocycles. The summed E-state index contributed by atoms with van der Waals surface area (Å²) in [5.74, 6) is 2.07. The Kier molecular flexibility index (Phi) is 9.76. The van der Waals surface area contributed by atoms with Crippen molar-refractivity contribution in [1.82, 2.24) is 0 Å². The maximum absolute atomic E-state index is 9.58. The number of aliphatic hydroxyl groups excluding tert-OH is 2. The van der Waals surface area contributed by atoms with E-state index in [1.54, 1.807) is 0 Å². The fourth-order valence-corrected chi connectivity index (χ4v) is 4.00. The minimum atomic E-state index is -0.678. The zero-order valence-electron chi connectivity index (χ0n) is 17.9. The van der Waals surface area contributed by atoms with Crippen molar-refractivity contribution in [3.8, 4) is 11.5 Å². The second-order valence-corrected chi connectivity index (χ2v) is 8.38. The summed E-state index contributed by atoms with van der Waals surface area (Å²) < 4.78 is 11.2. The van der Waals surface area contributed by atoms with E-state index in [1.165, 1.54) is 11.1 Å². The monoisotopic (exact) mass is 454 g/mol. The first-order valence-corrected chi connectivity index (χ1v) is 11.4. The highest BCUT2D eigenvalue weighted by Gasteiger charge is 2.35. The average Bonchev–Trinajstić information content (AvgIpc) is 2.77. The number of ether oxygens (including phenoxy) is 2. The first-order valence-electron chi connectivity index (χ1n) is 10.3. The Morgan fingerprint density at radius 3 is 1.40 bits per heavy atom. The molecule has 2 rings (SSSR count). The number of benzene rings is 2. The first kappa shape index (κ1) is 24.8. The number of rotatable bonds is 12. The van der Waals surface area contributed by atoms with Crippen LogP contribution in [0.3, 0.4) is 0 Å². The lowest BCUT2D eigenvalue weighted by Gasteiger charge is -2.38. The van der Waals surface area contributed by atoms with Crippen LogP contribution in [-0.2, 0) is 5.41 Å². The lowest BCUT2D eigenvalue weighted by Crippen LogP contribution is -2.33. The maximum Gasteiger partial charge on any atom is 0.119 e. The fraction of sp³-hybridized carbons (Fsp3) is 0.500. The van der Waals surface area contributed by atoms with E-state index in [4.69, 9.17) is 32.7 Å². The van der Waals surface area contributed by atoms with Crippen LogP contribution in [0.5, 0.6) is 11.5 Å². The van der Waals surface area contributed by atoms with Gasteiger partial charge in [-0.25, -0.2) is 0 Å². The Bertz CT molecular complexity index is 689. The Morgan fingerprint density at radius 1 is 0.767 bits per heavy atom. The average molecular weight is 455 g/mol. The number of aliphatic hydroxyl groups is 2. The van der Waals surface area contributed by atoms with Gasteiger partial charge in [0.2, 0.25) is 0 Å². The number of alkyl halides is 2. The van der Waals surface area contributed by atoms with Crippen LogP contribution in [-0.4, -0.2) is 47.4 Å². The van der Waals surface area contributed by atoms with Crippen LogP contribution in [0.25, 0.3) is 0 Å². The summed E-state index contributed by atoms with van der Waals surface area (Å²) in [5.41, 5.74) is 2.25. The smallest absolute Gasteiger partial charge is 0.119 e. The molecular formula is C24H32Cl2O4. The van der Waals surface area contributed by atoms with Gasteiger partial charge in [-0.2, -0.15) is 0 Å². The molecule has 2 N–H and O–H groups in total. The molecule has 0 aliphatic heterocycles. The molecule has 0 aliphatic carbocycles. The van der Waals surface area contributed by atoms with Crippen molar-refractivity contribution in [3.05, 3.63) is 59.7 Å². The van der Waals surface area contributed by atoms with E-state index in [0.29, 0.717) is 17.4 Å². The van der Waals surface area contributed by atoms with Crippen LogP contribution < -0.4 is 9.47 Å². The zero-order valence-corrected chi connectivity index (χ0v) is 19.4. The minimum Gasteiger partial charge on any atom is -0.491 e. The van der Waals surface area contributed by atoms with E-state index < -0.39 is 12.2 Å². The van der Waals surface area contributed by atoms with Gasteiger partial charge in [-0.15, -0.1) is 23.2 Å². The van der Waals surface area contributed by atoms with Gasteiger partial charge in [0, 0.05) is 5.41 Å². The molecular weight excluding hydrogens is 423 g/mol. The second kappa shape index (κ2) is 11.8. The minimum absolute atomic E-state index is 0.148. The fourth-order valence-electron chi connectivity index (χ4n) is 3.82. The van der Waals surface area contributed by atoms with E-state index in [9.17, 15) is 10.2 Å². The third-order valence-corrected chi connectivity index (χ3v) is 6.24. The molecule has 0 aliphatic rings. The Balaban J connectivity index is 2.25. The van der Waals surface area contributed by atoms with Gasteiger partial charge in [0.1, 0.15) is 36.9 Å². The molecule has 0 amide bonds. The summed E-state index contributed by atoms with van der Waals surface area (Å²) in [7, 11) is 0. The SMILES string of the molecule is CCC(c1ccc(OCC(O)CCl)cc1)(c1ccc(OCC(O)CCl)cc1)C(C)C. The second-order valence-electron chi connectivity index (χ2n) is 7.77. The Labute approximate surface area is 189 Å². The molecule has 4 nitrogen and oxygen atoms in total. The highest BCUT2D eigenvalue weighted by Crippen LogP contribution is 2.43. The molecule has 0 bridgehead atoms. The highest BCUT2D eigenvalue weighted by atomic mass is 35.5. The molecule has 2 aromatic rings. The van der Waals surface area contributed by atoms with Gasteiger partial charge in [0.15, 0.2) is 0 Å². The van der Waals surface area contributed by atoms with E-state index in [0.717, 1.165) is 6.42 Å². The van der Waals surface area contributed by atoms with Crippen molar-refractivity contribution < 1.29 is 19.7 Å². The molecule has 2 unspecified atom stereocenters. The number of halogens is 2. The van der Waals surface area contributed by atoms with Crippen LogP contribution >= 0.6 is 23.2 Å². The largest absolute Gasteiger partial charge is 0.491 e. The molecule has 0 aromatic heterocycles. The standard InChI is InChI=1S/C24H32Cl2O4/c1-4-24(17(2)3,18-5-9-22(10-6-18)29-15-20(27)13-25)19-7-11-23(12-8-19)30-16-21(28)14-26/h5-12,17,20-21,27-28H,4,13-16H2,1-3H3. The van der Waals surface area contributed by atoms with E-state index in [-0.39, 0.29) is 30.4 Å². The number of hydrogen-bond acceptors (Lipinski definition) is 4. The molecule has 6 heteroatoms. The Hall–Kier alpha value is -1.46. The van der Waals surface area contributed by atoms with Gasteiger partial charge in [-0.3, -0.25) is 0 Å². The van der Waals surface area contributed by atoms with Gasteiger partial charge in [-0.05, 0) is 47.7 Å². The molecule has 30 heavy (non-hydrogen) atoms. The molecule has 166 valence electrons. The Morgan fingerprint density at radius 2 is 1.13 bits per heavy atom. The van der Waals surface area contributed by atoms with Gasteiger partial charge >= 0.3 is 0 Å². The van der Waals surface area contributed by atoms with Gasteiger partial charge in [-0.1, -0.05) is 45.0 Å². The summed E-state index contributed by atoms with van der Waals surface area (Å²) in [5, 5.41) is 19.2. The molecule has 0 spiro atoms. The third-order valence-electron chi connectivity index (χ3n) is 5.52. The third kappa shape index (κ3) is 6.04. The quantitative estimate of drug-likeness (QED) is 0.443. The number of hydrogen-bond donors (Lipinski definition) is 2. The lowest BCUT2D eigenvalue weighted by molar-refractivity contribution is 0.125. The van der Waals surface area contributed by atoms with Crippen LogP contribution in [0.1, 0.15) is 38.3 Å². The van der Waals surface area contributed by atoms with Crippen molar-refractivity contribution in [2.75, 3.05) is 25.0 Å². The van der Waals surface area contributed by atoms with Crippen LogP contribution in [0.4, 0.5) is 0 Å². The summed E-state index contributed by atoms with van der Waals surface area (Å²) in [6.45, 7) is 7.00. The van der Waals surface area contributed by atoms with Crippen molar-refractivity contribution in [2.45, 2.75) is 44.8 Å². The van der Waals surface area contributed by atoms with Crippen molar-refractivity contribution in [2.24, 2.45) is 5.92 Å². The van der Waals surface area contributed by atoms with Gasteiger partial charge in [0.05, 0.1) is 11.8 Å². The maximum atomic E-state index is 9.58. The molecule has 0 fully saturated rings. The van der Waals surface area contributed by atoms with Crippen LogP contribution in [0, 0.1) is 5.92 Å². The first-order chi connectivity index (χ1) is 14.4. The zero-order chi connectivity index (χ0) is 22.1.